The van der Waals surface area contributed by atoms with Gasteiger partial charge in [0.25, 0.3) is 0 Å². The van der Waals surface area contributed by atoms with E-state index in [4.69, 9.17) is 28.3 Å². The Hall–Kier alpha value is -0.970. The van der Waals surface area contributed by atoms with Gasteiger partial charge in [-0.25, -0.2) is 0 Å². The number of carbonyl (C=O) groups excluding carboxylic acids is 1. The van der Waals surface area contributed by atoms with Crippen LogP contribution < -0.4 is 0 Å². The van der Waals surface area contributed by atoms with Gasteiger partial charge >= 0.3 is 5.97 Å². The molecule has 1 heterocycles. The predicted octanol–water partition coefficient (Wildman–Crippen LogP) is 3.67. The fourth-order valence-corrected chi connectivity index (χ4v) is 2.81. The third kappa shape index (κ3) is 5.04. The summed E-state index contributed by atoms with van der Waals surface area (Å²) < 4.78 is 0. The number of carboxylic acid groups (broad SMARTS) is 1. The van der Waals surface area contributed by atoms with E-state index in [1.165, 1.54) is 0 Å². The molecule has 0 aromatic heterocycles. The first-order valence-corrected chi connectivity index (χ1v) is 7.67. The van der Waals surface area contributed by atoms with Crippen molar-refractivity contribution in [3.8, 4) is 0 Å². The molecule has 0 aliphatic carbocycles. The molecule has 1 amide bonds. The van der Waals surface area contributed by atoms with E-state index >= 15 is 0 Å². The summed E-state index contributed by atoms with van der Waals surface area (Å²) in [6.45, 7) is 0.878. The third-order valence-electron chi connectivity index (χ3n) is 3.73. The highest BCUT2D eigenvalue weighted by Crippen LogP contribution is 2.23. The minimum absolute atomic E-state index is 0. The Morgan fingerprint density at radius 3 is 2.59 bits per heavy atom. The number of aryl methyl sites for hydroxylation is 1. The fraction of sp³-hybridized carbons (Fsp3) is 0.467. The van der Waals surface area contributed by atoms with Crippen LogP contribution in [-0.2, 0) is 16.0 Å². The molecule has 1 N–H and O–H groups in total. The Morgan fingerprint density at radius 2 is 2.00 bits per heavy atom. The molecule has 122 valence electrons. The molecule has 22 heavy (non-hydrogen) atoms. The van der Waals surface area contributed by atoms with Crippen LogP contribution >= 0.6 is 35.6 Å². The van der Waals surface area contributed by atoms with Gasteiger partial charge in [0.2, 0.25) is 5.91 Å². The number of carboxylic acids is 1. The maximum absolute atomic E-state index is 12.0. The van der Waals surface area contributed by atoms with Crippen molar-refractivity contribution in [1.29, 1.82) is 0 Å². The highest BCUT2D eigenvalue weighted by molar-refractivity contribution is 6.42. The number of carbonyl (C=O) groups is 2. The lowest BCUT2D eigenvalue weighted by molar-refractivity contribution is -0.141. The van der Waals surface area contributed by atoms with Gasteiger partial charge in [-0.15, -0.1) is 12.4 Å². The molecule has 4 nitrogen and oxygen atoms in total. The summed E-state index contributed by atoms with van der Waals surface area (Å²) in [5, 5.41) is 9.96. The summed E-state index contributed by atoms with van der Waals surface area (Å²) in [6, 6.07) is 5.46. The zero-order valence-electron chi connectivity index (χ0n) is 11.9. The van der Waals surface area contributed by atoms with Crippen LogP contribution in [0.5, 0.6) is 0 Å². The predicted molar refractivity (Wildman–Crippen MR) is 89.0 cm³/mol. The number of amides is 1. The maximum Gasteiger partial charge on any atom is 0.308 e. The van der Waals surface area contributed by atoms with Crippen LogP contribution in [0.25, 0.3) is 0 Å². The van der Waals surface area contributed by atoms with E-state index in [9.17, 15) is 9.59 Å². The second kappa shape index (κ2) is 8.61. The van der Waals surface area contributed by atoms with Gasteiger partial charge in [-0.05, 0) is 37.0 Å². The number of hydrogen-bond donors (Lipinski definition) is 1. The summed E-state index contributed by atoms with van der Waals surface area (Å²) in [4.78, 5) is 24.5. The van der Waals surface area contributed by atoms with Crippen LogP contribution in [-0.4, -0.2) is 35.0 Å². The summed E-state index contributed by atoms with van der Waals surface area (Å²) in [6.07, 6.45) is 2.43. The summed E-state index contributed by atoms with van der Waals surface area (Å²) in [7, 11) is 0. The number of hydrogen-bond acceptors (Lipinski definition) is 2. The zero-order valence-corrected chi connectivity index (χ0v) is 14.3. The minimum Gasteiger partial charge on any atom is -0.481 e. The number of aliphatic carboxylic acids is 1. The molecular weight excluding hydrogens is 349 g/mol. The largest absolute Gasteiger partial charge is 0.481 e. The van der Waals surface area contributed by atoms with Gasteiger partial charge in [-0.2, -0.15) is 0 Å². The first-order valence-electron chi connectivity index (χ1n) is 6.92. The molecule has 1 saturated heterocycles. The quantitative estimate of drug-likeness (QED) is 0.865. The van der Waals surface area contributed by atoms with Crippen molar-refractivity contribution >= 4 is 47.5 Å². The SMILES string of the molecule is Cl.O=C(O)C1CCN(C(=O)CCCc2ccc(Cl)c(Cl)c2)C1. The van der Waals surface area contributed by atoms with E-state index in [-0.39, 0.29) is 18.3 Å². The molecule has 1 fully saturated rings. The molecule has 0 radical (unpaired) electrons. The van der Waals surface area contributed by atoms with Crippen molar-refractivity contribution in [2.45, 2.75) is 25.7 Å². The van der Waals surface area contributed by atoms with Crippen LogP contribution in [0.15, 0.2) is 18.2 Å². The summed E-state index contributed by atoms with van der Waals surface area (Å²) in [5.41, 5.74) is 1.04. The van der Waals surface area contributed by atoms with Crippen molar-refractivity contribution in [1.82, 2.24) is 4.90 Å². The van der Waals surface area contributed by atoms with Gasteiger partial charge in [0, 0.05) is 19.5 Å². The average Bonchev–Trinajstić information content (AvgIpc) is 2.92. The van der Waals surface area contributed by atoms with E-state index in [0.29, 0.717) is 42.4 Å². The molecule has 0 bridgehead atoms. The lowest BCUT2D eigenvalue weighted by atomic mass is 10.1. The molecule has 1 aliphatic rings. The fourth-order valence-electron chi connectivity index (χ4n) is 2.49. The molecule has 1 aromatic rings. The van der Waals surface area contributed by atoms with Gasteiger partial charge in [-0.3, -0.25) is 9.59 Å². The molecule has 0 spiro atoms. The standard InChI is InChI=1S/C15H17Cl2NO3.ClH/c16-12-5-4-10(8-13(12)17)2-1-3-14(19)18-7-6-11(9-18)15(20)21;/h4-5,8,11H,1-3,6-7,9H2,(H,20,21);1H. The van der Waals surface area contributed by atoms with Crippen LogP contribution in [0, 0.1) is 5.92 Å². The second-order valence-electron chi connectivity index (χ2n) is 5.27. The van der Waals surface area contributed by atoms with E-state index < -0.39 is 11.9 Å². The lowest BCUT2D eigenvalue weighted by Gasteiger charge is -2.15. The zero-order chi connectivity index (χ0) is 15.4. The van der Waals surface area contributed by atoms with Crippen LogP contribution in [0.2, 0.25) is 10.0 Å². The van der Waals surface area contributed by atoms with E-state index in [1.807, 2.05) is 12.1 Å². The van der Waals surface area contributed by atoms with E-state index in [0.717, 1.165) is 12.0 Å². The second-order valence-corrected chi connectivity index (χ2v) is 6.08. The Morgan fingerprint density at radius 1 is 1.27 bits per heavy atom. The molecular formula is C15H18Cl3NO3. The van der Waals surface area contributed by atoms with Crippen molar-refractivity contribution in [3.05, 3.63) is 33.8 Å². The molecule has 0 saturated carbocycles. The highest BCUT2D eigenvalue weighted by atomic mass is 35.5. The van der Waals surface area contributed by atoms with Gasteiger partial charge in [0.05, 0.1) is 16.0 Å². The Labute approximate surface area is 145 Å². The van der Waals surface area contributed by atoms with Crippen molar-refractivity contribution in [3.63, 3.8) is 0 Å². The minimum atomic E-state index is -0.818. The van der Waals surface area contributed by atoms with E-state index in [1.54, 1.807) is 11.0 Å². The topological polar surface area (TPSA) is 57.6 Å². The number of benzene rings is 1. The normalized spacial score (nSPS) is 17.2. The first-order chi connectivity index (χ1) is 9.97. The molecule has 1 atom stereocenters. The molecule has 2 rings (SSSR count). The van der Waals surface area contributed by atoms with E-state index in [2.05, 4.69) is 0 Å². The molecule has 1 aromatic carbocycles. The number of nitrogens with zero attached hydrogens (tertiary/aromatic N) is 1. The van der Waals surface area contributed by atoms with Gasteiger partial charge in [0.1, 0.15) is 0 Å². The summed E-state index contributed by atoms with van der Waals surface area (Å²) >= 11 is 11.8. The van der Waals surface area contributed by atoms with Crippen molar-refractivity contribution in [2.24, 2.45) is 5.92 Å². The third-order valence-corrected chi connectivity index (χ3v) is 4.47. The molecule has 1 unspecified atom stereocenters. The first kappa shape index (κ1) is 19.1. The number of likely N-dealkylation sites (tertiary alicyclic amines) is 1. The molecule has 7 heteroatoms. The van der Waals surface area contributed by atoms with Gasteiger partial charge in [0.15, 0.2) is 0 Å². The van der Waals surface area contributed by atoms with Crippen molar-refractivity contribution in [2.75, 3.05) is 13.1 Å². The van der Waals surface area contributed by atoms with Crippen LogP contribution in [0.1, 0.15) is 24.8 Å². The molecule has 1 aliphatic heterocycles. The summed E-state index contributed by atoms with van der Waals surface area (Å²) in [5.74, 6) is -1.20. The van der Waals surface area contributed by atoms with Crippen molar-refractivity contribution < 1.29 is 14.7 Å². The highest BCUT2D eigenvalue weighted by Gasteiger charge is 2.30. The average molecular weight is 367 g/mol. The Kier molecular flexibility index (Phi) is 7.46. The van der Waals surface area contributed by atoms with Gasteiger partial charge < -0.3 is 10.0 Å². The Balaban J connectivity index is 0.00000242. The number of halogens is 3. The van der Waals surface area contributed by atoms with Gasteiger partial charge in [-0.1, -0.05) is 29.3 Å². The van der Waals surface area contributed by atoms with Crippen LogP contribution in [0.4, 0.5) is 0 Å². The number of rotatable bonds is 5. The maximum atomic E-state index is 12.0. The Bertz CT molecular complexity index is 551. The lowest BCUT2D eigenvalue weighted by Crippen LogP contribution is -2.29. The monoisotopic (exact) mass is 365 g/mol. The smallest absolute Gasteiger partial charge is 0.308 e. The van der Waals surface area contributed by atoms with Crippen LogP contribution in [0.3, 0.4) is 0 Å².